The van der Waals surface area contributed by atoms with Crippen LogP contribution in [0.15, 0.2) is 18.2 Å². The molecule has 1 aromatic carbocycles. The van der Waals surface area contributed by atoms with Crippen LogP contribution < -0.4 is 10.1 Å². The maximum atomic E-state index is 12.1. The minimum atomic E-state index is -1.30. The fourth-order valence-corrected chi connectivity index (χ4v) is 2.90. The smallest absolute Gasteiger partial charge is 0.478 e. The monoisotopic (exact) mass is 437 g/mol. The summed E-state index contributed by atoms with van der Waals surface area (Å²) in [6.45, 7) is 4.67. The number of carboxylic acids is 1. The number of anilines is 1. The summed E-state index contributed by atoms with van der Waals surface area (Å²) in [7, 11) is 0. The molecular formula is C23H35NO7. The van der Waals surface area contributed by atoms with Gasteiger partial charge in [-0.05, 0) is 25.0 Å². The Labute approximate surface area is 184 Å². The Morgan fingerprint density at radius 3 is 2.00 bits per heavy atom. The highest BCUT2D eigenvalue weighted by Gasteiger charge is 2.21. The number of rotatable bonds is 15. The second-order valence-electron chi connectivity index (χ2n) is 7.28. The second kappa shape index (κ2) is 16.0. The van der Waals surface area contributed by atoms with Crippen molar-refractivity contribution in [3.05, 3.63) is 23.8 Å². The van der Waals surface area contributed by atoms with E-state index in [-0.39, 0.29) is 30.2 Å². The predicted octanol–water partition coefficient (Wildman–Crippen LogP) is 6.39. The first-order valence-corrected chi connectivity index (χ1v) is 11.1. The zero-order chi connectivity index (χ0) is 22.9. The van der Waals surface area contributed by atoms with Crippen molar-refractivity contribution in [2.24, 2.45) is 0 Å². The van der Waals surface area contributed by atoms with Gasteiger partial charge in [-0.2, -0.15) is 0 Å². The van der Waals surface area contributed by atoms with Crippen LogP contribution in [0.3, 0.4) is 0 Å². The lowest BCUT2D eigenvalue weighted by Gasteiger charge is -2.14. The number of hydrogen-bond acceptors (Lipinski definition) is 6. The maximum absolute atomic E-state index is 12.1. The van der Waals surface area contributed by atoms with Crippen LogP contribution in [0.1, 0.15) is 88.4 Å². The van der Waals surface area contributed by atoms with Crippen molar-refractivity contribution in [1.82, 2.24) is 0 Å². The Kier molecular flexibility index (Phi) is 13.5. The standard InChI is InChI=1S/C23H35NO7/c1-3-5-7-9-11-16-29-22(27)24-19-15-13-14-18(21(25)26)20(19)31-23(28)30-17-12-10-8-6-4-2/h13-15H,3-12,16-17H2,1-2H3,(H,24,27)(H,25,26). The molecule has 2 N–H and O–H groups in total. The van der Waals surface area contributed by atoms with Crippen LogP contribution in [-0.4, -0.2) is 36.5 Å². The molecule has 8 nitrogen and oxygen atoms in total. The van der Waals surface area contributed by atoms with Crippen molar-refractivity contribution in [2.75, 3.05) is 18.5 Å². The number of ether oxygens (including phenoxy) is 3. The van der Waals surface area contributed by atoms with Gasteiger partial charge in [-0.1, -0.05) is 71.3 Å². The van der Waals surface area contributed by atoms with Crippen LogP contribution in [0, 0.1) is 0 Å². The van der Waals surface area contributed by atoms with E-state index >= 15 is 0 Å². The fraction of sp³-hybridized carbons (Fsp3) is 0.609. The largest absolute Gasteiger partial charge is 0.513 e. The van der Waals surface area contributed by atoms with E-state index in [0.717, 1.165) is 57.8 Å². The highest BCUT2D eigenvalue weighted by molar-refractivity contribution is 5.97. The van der Waals surface area contributed by atoms with Gasteiger partial charge in [0.05, 0.1) is 18.9 Å². The number of carbonyl (C=O) groups excluding carboxylic acids is 2. The summed E-state index contributed by atoms with van der Waals surface area (Å²) in [4.78, 5) is 35.6. The molecule has 0 radical (unpaired) electrons. The zero-order valence-electron chi connectivity index (χ0n) is 18.6. The van der Waals surface area contributed by atoms with Crippen molar-refractivity contribution in [3.63, 3.8) is 0 Å². The van der Waals surface area contributed by atoms with Gasteiger partial charge in [-0.15, -0.1) is 0 Å². The summed E-state index contributed by atoms with van der Waals surface area (Å²) in [6, 6.07) is 4.15. The Hall–Kier alpha value is -2.77. The summed E-state index contributed by atoms with van der Waals surface area (Å²) < 4.78 is 15.3. The summed E-state index contributed by atoms with van der Waals surface area (Å²) in [5, 5.41) is 11.8. The summed E-state index contributed by atoms with van der Waals surface area (Å²) in [5.74, 6) is -1.58. The van der Waals surface area contributed by atoms with Crippen LogP contribution in [-0.2, 0) is 9.47 Å². The molecule has 0 unspecified atom stereocenters. The normalized spacial score (nSPS) is 10.4. The van der Waals surface area contributed by atoms with Crippen LogP contribution in [0.4, 0.5) is 15.3 Å². The third-order valence-electron chi connectivity index (χ3n) is 4.62. The molecule has 0 aliphatic heterocycles. The topological polar surface area (TPSA) is 111 Å². The molecule has 0 aromatic heterocycles. The molecule has 0 aliphatic rings. The average Bonchev–Trinajstić information content (AvgIpc) is 2.74. The van der Waals surface area contributed by atoms with E-state index in [9.17, 15) is 19.5 Å². The molecule has 8 heteroatoms. The minimum Gasteiger partial charge on any atom is -0.478 e. The van der Waals surface area contributed by atoms with Crippen molar-refractivity contribution in [3.8, 4) is 5.75 Å². The Morgan fingerprint density at radius 2 is 1.42 bits per heavy atom. The summed E-state index contributed by atoms with van der Waals surface area (Å²) in [5.41, 5.74) is -0.243. The van der Waals surface area contributed by atoms with Crippen LogP contribution in [0.25, 0.3) is 0 Å². The third-order valence-corrected chi connectivity index (χ3v) is 4.62. The van der Waals surface area contributed by atoms with E-state index < -0.39 is 18.2 Å². The molecule has 31 heavy (non-hydrogen) atoms. The van der Waals surface area contributed by atoms with Gasteiger partial charge in [0, 0.05) is 0 Å². The molecular weight excluding hydrogens is 402 g/mol. The first-order chi connectivity index (χ1) is 15.0. The number of hydrogen-bond donors (Lipinski definition) is 2. The van der Waals surface area contributed by atoms with Crippen molar-refractivity contribution >= 4 is 23.9 Å². The van der Waals surface area contributed by atoms with Gasteiger partial charge in [-0.3, -0.25) is 5.32 Å². The third kappa shape index (κ3) is 11.3. The quantitative estimate of drug-likeness (QED) is 0.186. The number of benzene rings is 1. The number of amides is 1. The number of para-hydroxylation sites is 1. The molecule has 0 bridgehead atoms. The molecule has 1 amide bonds. The maximum Gasteiger partial charge on any atom is 0.513 e. The molecule has 0 fully saturated rings. The second-order valence-corrected chi connectivity index (χ2v) is 7.28. The Balaban J connectivity index is 2.62. The van der Waals surface area contributed by atoms with Gasteiger partial charge in [0.2, 0.25) is 0 Å². The van der Waals surface area contributed by atoms with Gasteiger partial charge in [0.15, 0.2) is 5.75 Å². The molecule has 0 saturated heterocycles. The Morgan fingerprint density at radius 1 is 0.839 bits per heavy atom. The molecule has 1 aromatic rings. The van der Waals surface area contributed by atoms with Crippen LogP contribution >= 0.6 is 0 Å². The lowest BCUT2D eigenvalue weighted by molar-refractivity contribution is 0.0689. The van der Waals surface area contributed by atoms with E-state index in [1.165, 1.54) is 18.2 Å². The van der Waals surface area contributed by atoms with Gasteiger partial charge in [0.25, 0.3) is 0 Å². The van der Waals surface area contributed by atoms with Gasteiger partial charge < -0.3 is 19.3 Å². The lowest BCUT2D eigenvalue weighted by atomic mass is 10.1. The SMILES string of the molecule is CCCCCCCOC(=O)Nc1cccc(C(=O)O)c1OC(=O)OCCCCCCC. The molecule has 0 saturated carbocycles. The number of carbonyl (C=O) groups is 3. The Bertz CT molecular complexity index is 691. The van der Waals surface area contributed by atoms with E-state index in [2.05, 4.69) is 19.2 Å². The molecule has 0 atom stereocenters. The average molecular weight is 438 g/mol. The minimum absolute atomic E-state index is 0.0239. The summed E-state index contributed by atoms with van der Waals surface area (Å²) in [6.07, 6.45) is 8.25. The van der Waals surface area contributed by atoms with E-state index in [1.54, 1.807) is 0 Å². The molecule has 1 rings (SSSR count). The highest BCUT2D eigenvalue weighted by atomic mass is 16.7. The zero-order valence-corrected chi connectivity index (χ0v) is 18.6. The highest BCUT2D eigenvalue weighted by Crippen LogP contribution is 2.30. The first kappa shape index (κ1) is 26.3. The first-order valence-electron chi connectivity index (χ1n) is 11.1. The lowest BCUT2D eigenvalue weighted by Crippen LogP contribution is -2.18. The molecule has 0 spiro atoms. The van der Waals surface area contributed by atoms with Gasteiger partial charge in [-0.25, -0.2) is 14.4 Å². The van der Waals surface area contributed by atoms with Gasteiger partial charge in [0.1, 0.15) is 5.56 Å². The van der Waals surface area contributed by atoms with Gasteiger partial charge >= 0.3 is 18.2 Å². The van der Waals surface area contributed by atoms with Crippen molar-refractivity contribution in [1.29, 1.82) is 0 Å². The van der Waals surface area contributed by atoms with Crippen molar-refractivity contribution in [2.45, 2.75) is 78.1 Å². The van der Waals surface area contributed by atoms with E-state index in [1.807, 2.05) is 0 Å². The van der Waals surface area contributed by atoms with E-state index in [0.29, 0.717) is 6.42 Å². The van der Waals surface area contributed by atoms with Crippen LogP contribution in [0.2, 0.25) is 0 Å². The summed E-state index contributed by atoms with van der Waals surface area (Å²) >= 11 is 0. The fourth-order valence-electron chi connectivity index (χ4n) is 2.90. The number of carboxylic acid groups (broad SMARTS) is 1. The number of aromatic carboxylic acids is 1. The number of nitrogens with one attached hydrogen (secondary N) is 1. The van der Waals surface area contributed by atoms with E-state index in [4.69, 9.17) is 14.2 Å². The van der Waals surface area contributed by atoms with Crippen LogP contribution in [0.5, 0.6) is 5.75 Å². The van der Waals surface area contributed by atoms with Crippen molar-refractivity contribution < 1.29 is 33.7 Å². The number of unbranched alkanes of at least 4 members (excludes halogenated alkanes) is 8. The molecule has 0 heterocycles. The predicted molar refractivity (Wildman–Crippen MR) is 118 cm³/mol. The molecule has 174 valence electrons. The molecule has 0 aliphatic carbocycles.